The second-order valence-electron chi connectivity index (χ2n) is 9.70. The number of rotatable bonds is 6. The maximum atomic E-state index is 13.2. The fourth-order valence-corrected chi connectivity index (χ4v) is 4.99. The highest BCUT2D eigenvalue weighted by Gasteiger charge is 2.43. The first-order chi connectivity index (χ1) is 15.9. The molecule has 0 bridgehead atoms. The number of ether oxygens (including phenoxy) is 2. The minimum atomic E-state index is -0.317. The Bertz CT molecular complexity index is 945. The molecule has 180 valence electrons. The van der Waals surface area contributed by atoms with Crippen molar-refractivity contribution in [3.63, 3.8) is 0 Å². The predicted molar refractivity (Wildman–Crippen MR) is 131 cm³/mol. The molecule has 4 rings (SSSR count). The van der Waals surface area contributed by atoms with Gasteiger partial charge in [0.15, 0.2) is 0 Å². The van der Waals surface area contributed by atoms with Gasteiger partial charge in [0.25, 0.3) is 5.91 Å². The predicted octanol–water partition coefficient (Wildman–Crippen LogP) is 3.90. The summed E-state index contributed by atoms with van der Waals surface area (Å²) >= 11 is 0. The molecule has 1 spiro atoms. The molecule has 2 saturated heterocycles. The number of aliphatic hydroxyl groups excluding tert-OH is 1. The van der Waals surface area contributed by atoms with Gasteiger partial charge in [-0.05, 0) is 62.9 Å². The van der Waals surface area contributed by atoms with Gasteiger partial charge in [-0.1, -0.05) is 30.3 Å². The number of aryl methyl sites for hydroxylation is 1. The summed E-state index contributed by atoms with van der Waals surface area (Å²) in [4.78, 5) is 17.5. The van der Waals surface area contributed by atoms with Crippen LogP contribution in [0.2, 0.25) is 0 Å². The van der Waals surface area contributed by atoms with Crippen molar-refractivity contribution in [1.29, 1.82) is 0 Å². The fourth-order valence-electron chi connectivity index (χ4n) is 4.99. The topological polar surface area (TPSA) is 62.2 Å². The van der Waals surface area contributed by atoms with Crippen molar-refractivity contribution in [1.82, 2.24) is 9.80 Å². The molecular weight excluding hydrogens is 416 g/mol. The maximum Gasteiger partial charge on any atom is 0.253 e. The van der Waals surface area contributed by atoms with Crippen LogP contribution in [0, 0.1) is 6.92 Å². The van der Waals surface area contributed by atoms with Crippen LogP contribution < -0.4 is 4.74 Å². The number of carbonyl (C=O) groups excluding carboxylic acids is 1. The minimum absolute atomic E-state index is 0. The van der Waals surface area contributed by atoms with E-state index in [2.05, 4.69) is 29.2 Å². The summed E-state index contributed by atoms with van der Waals surface area (Å²) in [5, 5.41) is 9.85. The van der Waals surface area contributed by atoms with Crippen molar-refractivity contribution in [2.24, 2.45) is 0 Å². The standard InChI is InChI=1S/C27H36N2O4.H2/c1-20(2)32-25-10-9-23(15-21(25)3)26(31)29-13-11-27(12-14-29)19-28(17-24(18-30)33-27)16-22-7-5-4-6-8-22;/h4-10,15,20,24,30H,11-14,16-19H2,1-3H3;1H. The molecule has 0 saturated carbocycles. The molecular formula is C27H38N2O4. The zero-order valence-corrected chi connectivity index (χ0v) is 20.0. The summed E-state index contributed by atoms with van der Waals surface area (Å²) in [7, 11) is 0. The Labute approximate surface area is 198 Å². The van der Waals surface area contributed by atoms with Crippen LogP contribution in [0.1, 0.15) is 49.6 Å². The van der Waals surface area contributed by atoms with Gasteiger partial charge in [0, 0.05) is 39.7 Å². The Morgan fingerprint density at radius 3 is 2.58 bits per heavy atom. The Morgan fingerprint density at radius 1 is 1.21 bits per heavy atom. The number of hydrogen-bond acceptors (Lipinski definition) is 5. The number of aliphatic hydroxyl groups is 1. The van der Waals surface area contributed by atoms with Gasteiger partial charge in [0.2, 0.25) is 0 Å². The molecule has 0 aliphatic carbocycles. The highest BCUT2D eigenvalue weighted by Crippen LogP contribution is 2.34. The molecule has 2 aromatic rings. The molecule has 2 fully saturated rings. The van der Waals surface area contributed by atoms with Crippen molar-refractivity contribution >= 4 is 5.91 Å². The zero-order chi connectivity index (χ0) is 23.4. The Balaban J connectivity index is 0.00000324. The van der Waals surface area contributed by atoms with Crippen molar-refractivity contribution < 1.29 is 20.8 Å². The summed E-state index contributed by atoms with van der Waals surface area (Å²) in [6.45, 7) is 9.68. The summed E-state index contributed by atoms with van der Waals surface area (Å²) in [5.74, 6) is 0.878. The van der Waals surface area contributed by atoms with Crippen LogP contribution >= 0.6 is 0 Å². The van der Waals surface area contributed by atoms with Crippen LogP contribution in [0.3, 0.4) is 0 Å². The molecule has 1 atom stereocenters. The van der Waals surface area contributed by atoms with Gasteiger partial charge in [-0.15, -0.1) is 0 Å². The molecule has 1 amide bonds. The zero-order valence-electron chi connectivity index (χ0n) is 20.0. The Hall–Kier alpha value is -2.41. The molecule has 2 heterocycles. The van der Waals surface area contributed by atoms with Crippen LogP contribution in [-0.2, 0) is 11.3 Å². The van der Waals surface area contributed by atoms with Gasteiger partial charge in [0.05, 0.1) is 24.4 Å². The first-order valence-electron chi connectivity index (χ1n) is 12.0. The van der Waals surface area contributed by atoms with E-state index in [1.54, 1.807) is 0 Å². The molecule has 6 heteroatoms. The van der Waals surface area contributed by atoms with E-state index in [4.69, 9.17) is 9.47 Å². The van der Waals surface area contributed by atoms with Crippen LogP contribution in [0.5, 0.6) is 5.75 Å². The number of benzene rings is 2. The normalized spacial score (nSPS) is 20.9. The third-order valence-electron chi connectivity index (χ3n) is 6.59. The molecule has 0 aromatic heterocycles. The van der Waals surface area contributed by atoms with E-state index in [0.717, 1.165) is 43.8 Å². The number of carbonyl (C=O) groups is 1. The highest BCUT2D eigenvalue weighted by molar-refractivity contribution is 5.94. The fraction of sp³-hybridized carbons (Fsp3) is 0.519. The van der Waals surface area contributed by atoms with Crippen LogP contribution in [0.4, 0.5) is 0 Å². The Morgan fingerprint density at radius 2 is 1.94 bits per heavy atom. The average molecular weight is 455 g/mol. The monoisotopic (exact) mass is 454 g/mol. The minimum Gasteiger partial charge on any atom is -0.491 e. The summed E-state index contributed by atoms with van der Waals surface area (Å²) in [6, 6.07) is 16.1. The van der Waals surface area contributed by atoms with E-state index in [1.807, 2.05) is 49.9 Å². The lowest BCUT2D eigenvalue weighted by molar-refractivity contribution is -0.184. The molecule has 1 N–H and O–H groups in total. The Kier molecular flexibility index (Phi) is 7.37. The largest absolute Gasteiger partial charge is 0.491 e. The number of likely N-dealkylation sites (tertiary alicyclic amines) is 1. The van der Waals surface area contributed by atoms with Gasteiger partial charge >= 0.3 is 0 Å². The second kappa shape index (κ2) is 10.2. The van der Waals surface area contributed by atoms with Crippen molar-refractivity contribution in [3.8, 4) is 5.75 Å². The number of hydrogen-bond donors (Lipinski definition) is 1. The number of nitrogens with zero attached hydrogens (tertiary/aromatic N) is 2. The van der Waals surface area contributed by atoms with Crippen LogP contribution in [0.15, 0.2) is 48.5 Å². The smallest absolute Gasteiger partial charge is 0.253 e. The van der Waals surface area contributed by atoms with Crippen molar-refractivity contribution in [2.45, 2.75) is 58.0 Å². The summed E-state index contributed by atoms with van der Waals surface area (Å²) in [6.07, 6.45) is 1.45. The summed E-state index contributed by atoms with van der Waals surface area (Å²) in [5.41, 5.74) is 2.62. The second-order valence-corrected chi connectivity index (χ2v) is 9.70. The van der Waals surface area contributed by atoms with Crippen LogP contribution in [0.25, 0.3) is 0 Å². The van der Waals surface area contributed by atoms with E-state index < -0.39 is 0 Å². The van der Waals surface area contributed by atoms with E-state index in [9.17, 15) is 9.90 Å². The molecule has 6 nitrogen and oxygen atoms in total. The van der Waals surface area contributed by atoms with E-state index in [0.29, 0.717) is 18.7 Å². The SMILES string of the molecule is Cc1cc(C(=O)N2CCC3(CC2)CN(Cc2ccccc2)CC(CO)O3)ccc1OC(C)C.[HH]. The lowest BCUT2D eigenvalue weighted by Crippen LogP contribution is -2.60. The van der Waals surface area contributed by atoms with Crippen molar-refractivity contribution in [2.75, 3.05) is 32.8 Å². The highest BCUT2D eigenvalue weighted by atomic mass is 16.5. The van der Waals surface area contributed by atoms with Gasteiger partial charge < -0.3 is 19.5 Å². The third-order valence-corrected chi connectivity index (χ3v) is 6.59. The quantitative estimate of drug-likeness (QED) is 0.717. The molecule has 2 aliphatic rings. The van der Waals surface area contributed by atoms with E-state index >= 15 is 0 Å². The molecule has 2 aliphatic heterocycles. The molecule has 33 heavy (non-hydrogen) atoms. The van der Waals surface area contributed by atoms with Gasteiger partial charge in [-0.25, -0.2) is 0 Å². The first-order valence-corrected chi connectivity index (χ1v) is 12.0. The number of amides is 1. The van der Waals surface area contributed by atoms with E-state index in [1.165, 1.54) is 5.56 Å². The molecule has 2 aromatic carbocycles. The molecule has 0 radical (unpaired) electrons. The lowest BCUT2D eigenvalue weighted by Gasteiger charge is -2.49. The summed E-state index contributed by atoms with van der Waals surface area (Å²) < 4.78 is 12.2. The van der Waals surface area contributed by atoms with Gasteiger partial charge in [-0.2, -0.15) is 0 Å². The van der Waals surface area contributed by atoms with Crippen molar-refractivity contribution in [3.05, 3.63) is 65.2 Å². The molecule has 1 unspecified atom stereocenters. The van der Waals surface area contributed by atoms with Gasteiger partial charge in [0.1, 0.15) is 5.75 Å². The lowest BCUT2D eigenvalue weighted by atomic mass is 9.88. The first kappa shape index (κ1) is 23.7. The number of piperidine rings is 1. The third kappa shape index (κ3) is 5.75. The van der Waals surface area contributed by atoms with E-state index in [-0.39, 0.29) is 31.7 Å². The maximum absolute atomic E-state index is 13.2. The number of morpholine rings is 1. The van der Waals surface area contributed by atoms with Crippen LogP contribution in [-0.4, -0.2) is 71.4 Å². The van der Waals surface area contributed by atoms with Gasteiger partial charge in [-0.3, -0.25) is 9.69 Å². The average Bonchev–Trinajstić information content (AvgIpc) is 2.80.